The number of aliphatic hydroxyl groups excluding tert-OH is 1. The molecule has 3 aliphatic carbocycles. The summed E-state index contributed by atoms with van der Waals surface area (Å²) in [4.78, 5) is 17.4. The number of rotatable bonds is 7. The SMILES string of the molecule is O=C(CN(CCO)C1CCCCC1)N(C1CCCC1)C1CC1. The van der Waals surface area contributed by atoms with E-state index in [9.17, 15) is 9.90 Å². The fraction of sp³-hybridized carbons (Fsp3) is 0.944. The minimum Gasteiger partial charge on any atom is -0.395 e. The van der Waals surface area contributed by atoms with Crippen molar-refractivity contribution in [2.45, 2.75) is 88.8 Å². The summed E-state index contributed by atoms with van der Waals surface area (Å²) < 4.78 is 0. The fourth-order valence-corrected chi connectivity index (χ4v) is 4.46. The van der Waals surface area contributed by atoms with Gasteiger partial charge in [-0.2, -0.15) is 0 Å². The van der Waals surface area contributed by atoms with Gasteiger partial charge < -0.3 is 10.0 Å². The first kappa shape index (κ1) is 16.3. The number of hydrogen-bond donors (Lipinski definition) is 1. The summed E-state index contributed by atoms with van der Waals surface area (Å²) >= 11 is 0. The van der Waals surface area contributed by atoms with Crippen LogP contribution in [0.4, 0.5) is 0 Å². The highest BCUT2D eigenvalue weighted by Gasteiger charge is 2.39. The molecule has 3 rings (SSSR count). The third-order valence-electron chi connectivity index (χ3n) is 5.76. The molecular formula is C18H32N2O2. The summed E-state index contributed by atoms with van der Waals surface area (Å²) in [5.74, 6) is 0.327. The van der Waals surface area contributed by atoms with Gasteiger partial charge in [0.15, 0.2) is 0 Å². The van der Waals surface area contributed by atoms with Gasteiger partial charge in [-0.1, -0.05) is 32.1 Å². The predicted octanol–water partition coefficient (Wildman–Crippen LogP) is 2.55. The zero-order valence-electron chi connectivity index (χ0n) is 13.9. The molecule has 22 heavy (non-hydrogen) atoms. The van der Waals surface area contributed by atoms with Crippen LogP contribution in [-0.4, -0.2) is 58.6 Å². The van der Waals surface area contributed by atoms with Crippen LogP contribution >= 0.6 is 0 Å². The van der Waals surface area contributed by atoms with E-state index in [1.54, 1.807) is 0 Å². The predicted molar refractivity (Wildman–Crippen MR) is 87.7 cm³/mol. The Morgan fingerprint density at radius 2 is 1.36 bits per heavy atom. The van der Waals surface area contributed by atoms with E-state index >= 15 is 0 Å². The Hall–Kier alpha value is -0.610. The standard InChI is InChI=1S/C18H32N2O2/c21-13-12-19(15-6-2-1-3-7-15)14-18(22)20(17-10-11-17)16-8-4-5-9-16/h15-17,21H,1-14H2. The molecule has 126 valence electrons. The summed E-state index contributed by atoms with van der Waals surface area (Å²) in [6.07, 6.45) is 13.6. The van der Waals surface area contributed by atoms with Crippen LogP contribution in [0.5, 0.6) is 0 Å². The van der Waals surface area contributed by atoms with Gasteiger partial charge in [0.1, 0.15) is 0 Å². The van der Waals surface area contributed by atoms with E-state index in [0.29, 0.717) is 37.1 Å². The quantitative estimate of drug-likeness (QED) is 0.786. The lowest BCUT2D eigenvalue weighted by atomic mass is 9.94. The molecular weight excluding hydrogens is 276 g/mol. The van der Waals surface area contributed by atoms with Crippen LogP contribution < -0.4 is 0 Å². The van der Waals surface area contributed by atoms with Crippen molar-refractivity contribution in [2.24, 2.45) is 0 Å². The first-order valence-electron chi connectivity index (χ1n) is 9.45. The van der Waals surface area contributed by atoms with Gasteiger partial charge in [0.25, 0.3) is 0 Å². The molecule has 0 aliphatic heterocycles. The number of amides is 1. The van der Waals surface area contributed by atoms with E-state index in [2.05, 4.69) is 9.80 Å². The summed E-state index contributed by atoms with van der Waals surface area (Å²) in [5.41, 5.74) is 0. The van der Waals surface area contributed by atoms with E-state index in [1.165, 1.54) is 70.6 Å². The van der Waals surface area contributed by atoms with Gasteiger partial charge in [-0.15, -0.1) is 0 Å². The van der Waals surface area contributed by atoms with Crippen LogP contribution in [0.15, 0.2) is 0 Å². The molecule has 1 N–H and O–H groups in total. The molecule has 0 aromatic rings. The molecule has 0 saturated heterocycles. The highest BCUT2D eigenvalue weighted by Crippen LogP contribution is 2.34. The first-order valence-corrected chi connectivity index (χ1v) is 9.45. The van der Waals surface area contributed by atoms with Crippen molar-refractivity contribution in [1.29, 1.82) is 0 Å². The molecule has 3 fully saturated rings. The van der Waals surface area contributed by atoms with Crippen molar-refractivity contribution >= 4 is 5.91 Å². The van der Waals surface area contributed by atoms with E-state index in [4.69, 9.17) is 0 Å². The van der Waals surface area contributed by atoms with Crippen LogP contribution in [-0.2, 0) is 4.79 Å². The molecule has 0 spiro atoms. The van der Waals surface area contributed by atoms with Gasteiger partial charge in [-0.05, 0) is 38.5 Å². The minimum atomic E-state index is 0.163. The zero-order chi connectivity index (χ0) is 15.4. The Balaban J connectivity index is 1.60. The fourth-order valence-electron chi connectivity index (χ4n) is 4.46. The minimum absolute atomic E-state index is 0.163. The average molecular weight is 308 g/mol. The Labute approximate surface area is 134 Å². The number of nitrogens with zero attached hydrogens (tertiary/aromatic N) is 2. The number of carbonyl (C=O) groups is 1. The second kappa shape index (κ2) is 7.78. The lowest BCUT2D eigenvalue weighted by molar-refractivity contribution is -0.136. The normalized spacial score (nSPS) is 24.1. The van der Waals surface area contributed by atoms with E-state index < -0.39 is 0 Å². The molecule has 4 nitrogen and oxygen atoms in total. The highest BCUT2D eigenvalue weighted by atomic mass is 16.3. The Morgan fingerprint density at radius 3 is 1.95 bits per heavy atom. The second-order valence-electron chi connectivity index (χ2n) is 7.46. The first-order chi connectivity index (χ1) is 10.8. The van der Waals surface area contributed by atoms with Gasteiger partial charge in [-0.3, -0.25) is 9.69 Å². The molecule has 3 saturated carbocycles. The largest absolute Gasteiger partial charge is 0.395 e. The van der Waals surface area contributed by atoms with Gasteiger partial charge >= 0.3 is 0 Å². The topological polar surface area (TPSA) is 43.8 Å². The highest BCUT2D eigenvalue weighted by molar-refractivity contribution is 5.79. The maximum absolute atomic E-state index is 12.9. The summed E-state index contributed by atoms with van der Waals surface area (Å²) in [7, 11) is 0. The molecule has 0 aromatic heterocycles. The van der Waals surface area contributed by atoms with Crippen molar-refractivity contribution in [3.05, 3.63) is 0 Å². The zero-order valence-corrected chi connectivity index (χ0v) is 13.9. The average Bonchev–Trinajstić information content (AvgIpc) is 3.22. The molecule has 0 aromatic carbocycles. The molecule has 0 unspecified atom stereocenters. The van der Waals surface area contributed by atoms with Crippen molar-refractivity contribution in [1.82, 2.24) is 9.80 Å². The Kier molecular flexibility index (Phi) is 5.75. The molecule has 0 heterocycles. The van der Waals surface area contributed by atoms with Crippen molar-refractivity contribution in [3.63, 3.8) is 0 Å². The van der Waals surface area contributed by atoms with Crippen LogP contribution in [0, 0.1) is 0 Å². The Morgan fingerprint density at radius 1 is 0.818 bits per heavy atom. The lowest BCUT2D eigenvalue weighted by Gasteiger charge is -2.36. The smallest absolute Gasteiger partial charge is 0.237 e. The lowest BCUT2D eigenvalue weighted by Crippen LogP contribution is -2.49. The number of aliphatic hydroxyl groups is 1. The van der Waals surface area contributed by atoms with Gasteiger partial charge in [-0.25, -0.2) is 0 Å². The Bertz CT molecular complexity index is 358. The molecule has 0 radical (unpaired) electrons. The summed E-state index contributed by atoms with van der Waals surface area (Å²) in [6.45, 7) is 1.34. The molecule has 0 atom stereocenters. The van der Waals surface area contributed by atoms with Crippen LogP contribution in [0.25, 0.3) is 0 Å². The van der Waals surface area contributed by atoms with E-state index in [-0.39, 0.29) is 6.61 Å². The number of hydrogen-bond acceptors (Lipinski definition) is 3. The van der Waals surface area contributed by atoms with Crippen molar-refractivity contribution in [2.75, 3.05) is 19.7 Å². The number of carbonyl (C=O) groups excluding carboxylic acids is 1. The monoisotopic (exact) mass is 308 g/mol. The van der Waals surface area contributed by atoms with Crippen molar-refractivity contribution in [3.8, 4) is 0 Å². The van der Waals surface area contributed by atoms with Gasteiger partial charge in [0.05, 0.1) is 13.2 Å². The van der Waals surface area contributed by atoms with Crippen molar-refractivity contribution < 1.29 is 9.90 Å². The maximum atomic E-state index is 12.9. The molecule has 0 bridgehead atoms. The molecule has 4 heteroatoms. The third-order valence-corrected chi connectivity index (χ3v) is 5.76. The summed E-state index contributed by atoms with van der Waals surface area (Å²) in [5, 5.41) is 9.39. The molecule has 1 amide bonds. The molecule has 3 aliphatic rings. The van der Waals surface area contributed by atoms with Crippen LogP contribution in [0.1, 0.15) is 70.6 Å². The third kappa shape index (κ3) is 4.02. The van der Waals surface area contributed by atoms with Gasteiger partial charge in [0, 0.05) is 24.7 Å². The van der Waals surface area contributed by atoms with Crippen LogP contribution in [0.3, 0.4) is 0 Å². The summed E-state index contributed by atoms with van der Waals surface area (Å²) in [6, 6.07) is 1.54. The van der Waals surface area contributed by atoms with E-state index in [0.717, 1.165) is 0 Å². The van der Waals surface area contributed by atoms with Gasteiger partial charge in [0.2, 0.25) is 5.91 Å². The van der Waals surface area contributed by atoms with Crippen LogP contribution in [0.2, 0.25) is 0 Å². The maximum Gasteiger partial charge on any atom is 0.237 e. The second-order valence-corrected chi connectivity index (χ2v) is 7.46. The van der Waals surface area contributed by atoms with E-state index in [1.807, 2.05) is 0 Å².